The number of nitrogens with one attached hydrogen (secondary N) is 1. The Labute approximate surface area is 193 Å². The van der Waals surface area contributed by atoms with Crippen LogP contribution >= 0.6 is 0 Å². The van der Waals surface area contributed by atoms with Crippen molar-refractivity contribution in [2.75, 3.05) is 45.6 Å². The van der Waals surface area contributed by atoms with Gasteiger partial charge in [0.1, 0.15) is 12.2 Å². The van der Waals surface area contributed by atoms with Crippen LogP contribution in [0.1, 0.15) is 29.6 Å². The lowest BCUT2D eigenvalue weighted by molar-refractivity contribution is -0.132. The van der Waals surface area contributed by atoms with Gasteiger partial charge in [-0.25, -0.2) is 4.39 Å². The zero-order valence-corrected chi connectivity index (χ0v) is 19.0. The normalized spacial score (nSPS) is 21.7. The number of pyridine rings is 1. The summed E-state index contributed by atoms with van der Waals surface area (Å²) < 4.78 is 13.6. The van der Waals surface area contributed by atoms with E-state index in [9.17, 15) is 19.2 Å². The molecule has 2 amide bonds. The molecule has 8 nitrogen and oxygen atoms in total. The van der Waals surface area contributed by atoms with E-state index < -0.39 is 12.2 Å². The molecular weight excluding hydrogens is 423 g/mol. The van der Waals surface area contributed by atoms with Crippen molar-refractivity contribution in [1.29, 1.82) is 5.26 Å². The Bertz CT molecular complexity index is 1080. The first-order chi connectivity index (χ1) is 15.9. The van der Waals surface area contributed by atoms with Crippen molar-refractivity contribution in [1.82, 2.24) is 19.7 Å². The molecule has 0 aliphatic carbocycles. The van der Waals surface area contributed by atoms with Crippen molar-refractivity contribution < 1.29 is 14.0 Å². The van der Waals surface area contributed by atoms with E-state index in [2.05, 4.69) is 15.2 Å². The summed E-state index contributed by atoms with van der Waals surface area (Å²) in [6.07, 6.45) is 2.38. The molecule has 2 aliphatic heterocycles. The molecule has 2 aromatic rings. The number of halogens is 1. The van der Waals surface area contributed by atoms with Crippen molar-refractivity contribution in [3.8, 4) is 6.07 Å². The van der Waals surface area contributed by atoms with E-state index in [1.807, 2.05) is 30.3 Å². The molecule has 1 aromatic heterocycles. The minimum absolute atomic E-state index is 0.0164. The van der Waals surface area contributed by atoms with Crippen LogP contribution in [0.4, 0.5) is 10.1 Å². The van der Waals surface area contributed by atoms with Crippen LogP contribution in [0, 0.1) is 11.3 Å². The average molecular weight is 453 g/mol. The summed E-state index contributed by atoms with van der Waals surface area (Å²) >= 11 is 0. The van der Waals surface area contributed by atoms with Crippen LogP contribution in [0.3, 0.4) is 0 Å². The molecule has 3 heterocycles. The number of piperidine rings is 1. The minimum Gasteiger partial charge on any atom is -0.382 e. The molecule has 0 saturated carbocycles. The second-order valence-corrected chi connectivity index (χ2v) is 8.98. The monoisotopic (exact) mass is 452 g/mol. The number of carbonyl (C=O) groups excluding carboxylic acids is 2. The van der Waals surface area contributed by atoms with Crippen LogP contribution < -0.4 is 5.32 Å². The highest BCUT2D eigenvalue weighted by atomic mass is 19.1. The smallest absolute Gasteiger partial charge is 0.255 e. The quantitative estimate of drug-likeness (QED) is 0.748. The number of amides is 2. The van der Waals surface area contributed by atoms with Crippen LogP contribution in [0.25, 0.3) is 10.9 Å². The number of benzene rings is 1. The van der Waals surface area contributed by atoms with Gasteiger partial charge in [0.2, 0.25) is 5.91 Å². The number of hydrogen-bond donors (Lipinski definition) is 1. The third kappa shape index (κ3) is 4.91. The van der Waals surface area contributed by atoms with E-state index in [1.165, 1.54) is 4.90 Å². The summed E-state index contributed by atoms with van der Waals surface area (Å²) in [4.78, 5) is 34.6. The van der Waals surface area contributed by atoms with Crippen molar-refractivity contribution in [3.63, 3.8) is 0 Å². The van der Waals surface area contributed by atoms with E-state index in [4.69, 9.17) is 0 Å². The van der Waals surface area contributed by atoms with E-state index in [0.29, 0.717) is 11.1 Å². The fourth-order valence-electron chi connectivity index (χ4n) is 4.63. The third-order valence-corrected chi connectivity index (χ3v) is 6.43. The zero-order valence-electron chi connectivity index (χ0n) is 19.0. The predicted octanol–water partition coefficient (Wildman–Crippen LogP) is 2.28. The van der Waals surface area contributed by atoms with Gasteiger partial charge < -0.3 is 15.1 Å². The van der Waals surface area contributed by atoms with Gasteiger partial charge in [0.05, 0.1) is 30.2 Å². The highest BCUT2D eigenvalue weighted by Crippen LogP contribution is 2.28. The number of anilines is 1. The number of nitrogens with zero attached hydrogens (tertiary/aromatic N) is 5. The second-order valence-electron chi connectivity index (χ2n) is 8.98. The molecule has 2 atom stereocenters. The van der Waals surface area contributed by atoms with Crippen LogP contribution in [0.2, 0.25) is 0 Å². The molecule has 0 radical (unpaired) electrons. The van der Waals surface area contributed by atoms with Gasteiger partial charge in [-0.1, -0.05) is 0 Å². The first-order valence-electron chi connectivity index (χ1n) is 11.3. The van der Waals surface area contributed by atoms with Gasteiger partial charge in [-0.2, -0.15) is 5.26 Å². The lowest BCUT2D eigenvalue weighted by Crippen LogP contribution is -2.46. The molecule has 9 heteroatoms. The Morgan fingerprint density at radius 3 is 2.73 bits per heavy atom. The van der Waals surface area contributed by atoms with Crippen molar-refractivity contribution in [3.05, 3.63) is 36.0 Å². The maximum atomic E-state index is 13.6. The molecular formula is C24H29FN6O2. The fourth-order valence-corrected chi connectivity index (χ4v) is 4.63. The second kappa shape index (κ2) is 9.71. The Balaban J connectivity index is 1.38. The molecule has 0 spiro atoms. The SMILES string of the molecule is CN(C)C(=O)c1ccc(NC2CCN(CC(=O)N3C[C@@H](F)CC3C#N)CC2)c2cccnc12. The third-order valence-electron chi connectivity index (χ3n) is 6.43. The molecule has 4 rings (SSSR count). The van der Waals surface area contributed by atoms with Crippen molar-refractivity contribution in [2.45, 2.75) is 37.5 Å². The predicted molar refractivity (Wildman–Crippen MR) is 123 cm³/mol. The molecule has 1 unspecified atom stereocenters. The fraction of sp³-hybridized carbons (Fsp3) is 0.500. The highest BCUT2D eigenvalue weighted by molar-refractivity contribution is 6.08. The number of nitriles is 1. The minimum atomic E-state index is -1.11. The Morgan fingerprint density at radius 2 is 2.03 bits per heavy atom. The number of hydrogen-bond acceptors (Lipinski definition) is 6. The van der Waals surface area contributed by atoms with Gasteiger partial charge in [0.15, 0.2) is 0 Å². The van der Waals surface area contributed by atoms with Gasteiger partial charge in [-0.05, 0) is 37.1 Å². The van der Waals surface area contributed by atoms with Crippen LogP contribution in [0.15, 0.2) is 30.5 Å². The van der Waals surface area contributed by atoms with Gasteiger partial charge in [-0.3, -0.25) is 19.5 Å². The Hall–Kier alpha value is -3.25. The molecule has 1 aromatic carbocycles. The van der Waals surface area contributed by atoms with E-state index in [0.717, 1.165) is 37.0 Å². The highest BCUT2D eigenvalue weighted by Gasteiger charge is 2.36. The summed E-state index contributed by atoms with van der Waals surface area (Å²) in [5, 5.41) is 13.7. The van der Waals surface area contributed by atoms with Gasteiger partial charge in [0.25, 0.3) is 5.91 Å². The number of likely N-dealkylation sites (tertiary alicyclic amines) is 2. The molecule has 0 bridgehead atoms. The van der Waals surface area contributed by atoms with E-state index in [-0.39, 0.29) is 37.4 Å². The summed E-state index contributed by atoms with van der Waals surface area (Å²) in [5.74, 6) is -0.259. The maximum absolute atomic E-state index is 13.6. The number of alkyl halides is 1. The first kappa shape index (κ1) is 22.9. The molecule has 2 saturated heterocycles. The van der Waals surface area contributed by atoms with Gasteiger partial charge >= 0.3 is 0 Å². The molecule has 174 valence electrons. The summed E-state index contributed by atoms with van der Waals surface area (Å²) in [6.45, 7) is 1.70. The number of aromatic nitrogens is 1. The number of carbonyl (C=O) groups is 2. The van der Waals surface area contributed by atoms with Gasteiger partial charge in [0, 0.05) is 56.9 Å². The van der Waals surface area contributed by atoms with Crippen LogP contribution in [0.5, 0.6) is 0 Å². The summed E-state index contributed by atoms with van der Waals surface area (Å²) in [6, 6.07) is 9.17. The topological polar surface area (TPSA) is 92.6 Å². The van der Waals surface area contributed by atoms with Crippen LogP contribution in [-0.4, -0.2) is 90.0 Å². The summed E-state index contributed by atoms with van der Waals surface area (Å²) in [7, 11) is 3.45. The van der Waals surface area contributed by atoms with E-state index >= 15 is 0 Å². The Morgan fingerprint density at radius 1 is 1.27 bits per heavy atom. The summed E-state index contributed by atoms with van der Waals surface area (Å²) in [5.41, 5.74) is 2.18. The number of rotatable bonds is 5. The largest absolute Gasteiger partial charge is 0.382 e. The average Bonchev–Trinajstić information content (AvgIpc) is 3.21. The van der Waals surface area contributed by atoms with Crippen molar-refractivity contribution >= 4 is 28.4 Å². The molecule has 2 aliphatic rings. The Kier molecular flexibility index (Phi) is 6.75. The first-order valence-corrected chi connectivity index (χ1v) is 11.3. The van der Waals surface area contributed by atoms with Crippen LogP contribution in [-0.2, 0) is 4.79 Å². The lowest BCUT2D eigenvalue weighted by Gasteiger charge is -2.33. The number of fused-ring (bicyclic) bond motifs is 1. The van der Waals surface area contributed by atoms with E-state index in [1.54, 1.807) is 25.2 Å². The van der Waals surface area contributed by atoms with Crippen molar-refractivity contribution in [2.24, 2.45) is 0 Å². The lowest BCUT2D eigenvalue weighted by atomic mass is 10.0. The molecule has 2 fully saturated rings. The zero-order chi connectivity index (χ0) is 23.5. The maximum Gasteiger partial charge on any atom is 0.255 e. The molecule has 33 heavy (non-hydrogen) atoms. The standard InChI is InChI=1S/C24H29FN6O2/c1-29(2)24(33)20-5-6-21(19-4-3-9-27-23(19)20)28-17-7-10-30(11-8-17)15-22(32)31-14-16(25)12-18(31)13-26/h3-6,9,16-18,28H,7-8,10-12,14-15H2,1-2H3/t16-,18?/m0/s1. The molecule has 1 N–H and O–H groups in total. The van der Waals surface area contributed by atoms with Gasteiger partial charge in [-0.15, -0.1) is 0 Å².